The molecule has 0 atom stereocenters. The van der Waals surface area contributed by atoms with E-state index >= 15 is 0 Å². The number of hydrogen-bond acceptors (Lipinski definition) is 5. The summed E-state index contributed by atoms with van der Waals surface area (Å²) in [6.07, 6.45) is 9.48. The van der Waals surface area contributed by atoms with Crippen molar-refractivity contribution in [1.82, 2.24) is 19.9 Å². The van der Waals surface area contributed by atoms with Crippen molar-refractivity contribution in [2.45, 2.75) is 51.9 Å². The highest BCUT2D eigenvalue weighted by Crippen LogP contribution is 2.25. The van der Waals surface area contributed by atoms with Crippen molar-refractivity contribution in [2.75, 3.05) is 6.61 Å². The van der Waals surface area contributed by atoms with Gasteiger partial charge in [0.15, 0.2) is 0 Å². The summed E-state index contributed by atoms with van der Waals surface area (Å²) < 4.78 is 5.78. The van der Waals surface area contributed by atoms with Crippen molar-refractivity contribution >= 4 is 0 Å². The fourth-order valence-electron chi connectivity index (χ4n) is 1.97. The van der Waals surface area contributed by atoms with Crippen LogP contribution in [0.5, 0.6) is 5.88 Å². The number of nitrogens with zero attached hydrogens (tertiary/aromatic N) is 4. The summed E-state index contributed by atoms with van der Waals surface area (Å²) in [5, 5.41) is 0. The van der Waals surface area contributed by atoms with Crippen LogP contribution in [0, 0.1) is 0 Å². The lowest BCUT2D eigenvalue weighted by molar-refractivity contribution is 0.259. The molecule has 0 aliphatic rings. The zero-order chi connectivity index (χ0) is 16.2. The molecule has 0 unspecified atom stereocenters. The summed E-state index contributed by atoms with van der Waals surface area (Å²) in [7, 11) is 0. The number of hydrogen-bond donors (Lipinski definition) is 0. The minimum absolute atomic E-state index is 0.0364. The summed E-state index contributed by atoms with van der Waals surface area (Å²) in [4.78, 5) is 17.2. The predicted octanol–water partition coefficient (Wildman–Crippen LogP) is 3.31. The lowest BCUT2D eigenvalue weighted by atomic mass is 9.86. The zero-order valence-corrected chi connectivity index (χ0v) is 14.0. The Morgan fingerprint density at radius 1 is 0.909 bits per heavy atom. The molecule has 2 aromatic heterocycles. The lowest BCUT2D eigenvalue weighted by Gasteiger charge is -2.23. The number of ether oxygens (including phenoxy) is 1. The van der Waals surface area contributed by atoms with Crippen molar-refractivity contribution in [2.24, 2.45) is 0 Å². The average Bonchev–Trinajstić information content (AvgIpc) is 2.47. The van der Waals surface area contributed by atoms with E-state index in [0.717, 1.165) is 17.8 Å². The molecule has 0 aliphatic heterocycles. The Morgan fingerprint density at radius 2 is 1.64 bits per heavy atom. The van der Waals surface area contributed by atoms with Crippen molar-refractivity contribution in [3.05, 3.63) is 42.4 Å². The topological polar surface area (TPSA) is 60.8 Å². The molecule has 0 aliphatic carbocycles. The fraction of sp³-hybridized carbons (Fsp3) is 0.529. The normalized spacial score (nSPS) is 12.2. The van der Waals surface area contributed by atoms with Crippen LogP contribution < -0.4 is 4.74 Å². The first-order valence-corrected chi connectivity index (χ1v) is 7.51. The van der Waals surface area contributed by atoms with E-state index in [1.54, 1.807) is 31.0 Å². The second-order valence-electron chi connectivity index (χ2n) is 7.07. The Labute approximate surface area is 132 Å². The smallest absolute Gasteiger partial charge is 0.232 e. The van der Waals surface area contributed by atoms with Gasteiger partial charge < -0.3 is 4.74 Å². The predicted molar refractivity (Wildman–Crippen MR) is 85.9 cm³/mol. The zero-order valence-electron chi connectivity index (χ0n) is 14.0. The molecule has 0 N–H and O–H groups in total. The maximum absolute atomic E-state index is 5.78. The monoisotopic (exact) mass is 300 g/mol. The standard InChI is InChI=1S/C17H24N4O/c1-16(2,3)13-10-19-12-15(21-13)22-9-6-17(4,5)14-11-18-7-8-20-14/h7-8,10-12H,6,9H2,1-5H3. The van der Waals surface area contributed by atoms with Gasteiger partial charge >= 0.3 is 0 Å². The van der Waals surface area contributed by atoms with Gasteiger partial charge in [0, 0.05) is 35.6 Å². The van der Waals surface area contributed by atoms with E-state index in [2.05, 4.69) is 54.6 Å². The molecule has 2 aromatic rings. The quantitative estimate of drug-likeness (QED) is 0.847. The molecule has 0 saturated carbocycles. The summed E-state index contributed by atoms with van der Waals surface area (Å²) in [5.41, 5.74) is 1.76. The maximum Gasteiger partial charge on any atom is 0.232 e. The second kappa shape index (κ2) is 6.38. The highest BCUT2D eigenvalue weighted by Gasteiger charge is 2.22. The van der Waals surface area contributed by atoms with Gasteiger partial charge in [-0.3, -0.25) is 15.0 Å². The molecular weight excluding hydrogens is 276 g/mol. The first kappa shape index (κ1) is 16.3. The van der Waals surface area contributed by atoms with Gasteiger partial charge in [-0.1, -0.05) is 34.6 Å². The van der Waals surface area contributed by atoms with Crippen molar-refractivity contribution in [3.8, 4) is 5.88 Å². The molecule has 0 fully saturated rings. The summed E-state index contributed by atoms with van der Waals surface area (Å²) in [6.45, 7) is 11.2. The highest BCUT2D eigenvalue weighted by molar-refractivity contribution is 5.15. The van der Waals surface area contributed by atoms with Gasteiger partial charge in [-0.2, -0.15) is 0 Å². The van der Waals surface area contributed by atoms with Crippen LogP contribution in [0.3, 0.4) is 0 Å². The van der Waals surface area contributed by atoms with Crippen LogP contribution >= 0.6 is 0 Å². The first-order valence-electron chi connectivity index (χ1n) is 7.51. The molecule has 0 saturated heterocycles. The Balaban J connectivity index is 1.97. The van der Waals surface area contributed by atoms with E-state index < -0.39 is 0 Å². The van der Waals surface area contributed by atoms with Crippen LogP contribution in [0.2, 0.25) is 0 Å². The third-order valence-corrected chi connectivity index (χ3v) is 3.61. The van der Waals surface area contributed by atoms with Gasteiger partial charge in [-0.05, 0) is 6.42 Å². The minimum Gasteiger partial charge on any atom is -0.477 e. The van der Waals surface area contributed by atoms with Gasteiger partial charge in [-0.15, -0.1) is 0 Å². The van der Waals surface area contributed by atoms with Crippen LogP contribution in [0.1, 0.15) is 52.4 Å². The van der Waals surface area contributed by atoms with Gasteiger partial charge in [0.1, 0.15) is 0 Å². The van der Waals surface area contributed by atoms with Crippen molar-refractivity contribution < 1.29 is 4.74 Å². The van der Waals surface area contributed by atoms with E-state index in [1.807, 2.05) is 0 Å². The van der Waals surface area contributed by atoms with E-state index in [1.165, 1.54) is 0 Å². The Morgan fingerprint density at radius 3 is 2.27 bits per heavy atom. The minimum atomic E-state index is -0.0939. The largest absolute Gasteiger partial charge is 0.477 e. The van der Waals surface area contributed by atoms with Crippen LogP contribution in [0.15, 0.2) is 31.0 Å². The SMILES string of the molecule is CC(C)(C)c1cncc(OCCC(C)(C)c2cnccn2)n1. The molecule has 0 radical (unpaired) electrons. The molecular formula is C17H24N4O. The van der Waals surface area contributed by atoms with Gasteiger partial charge in [0.25, 0.3) is 0 Å². The maximum atomic E-state index is 5.78. The fourth-order valence-corrected chi connectivity index (χ4v) is 1.97. The Kier molecular flexibility index (Phi) is 4.74. The first-order chi connectivity index (χ1) is 10.3. The molecule has 0 amide bonds. The summed E-state index contributed by atoms with van der Waals surface area (Å²) in [5.74, 6) is 0.572. The molecule has 22 heavy (non-hydrogen) atoms. The third kappa shape index (κ3) is 4.23. The van der Waals surface area contributed by atoms with E-state index in [0.29, 0.717) is 12.5 Å². The number of aromatic nitrogens is 4. The third-order valence-electron chi connectivity index (χ3n) is 3.61. The van der Waals surface area contributed by atoms with E-state index in [-0.39, 0.29) is 10.8 Å². The number of rotatable bonds is 5. The highest BCUT2D eigenvalue weighted by atomic mass is 16.5. The molecule has 2 heterocycles. The molecule has 118 valence electrons. The van der Waals surface area contributed by atoms with Gasteiger partial charge in [0.05, 0.1) is 24.2 Å². The van der Waals surface area contributed by atoms with Crippen molar-refractivity contribution in [1.29, 1.82) is 0 Å². The summed E-state index contributed by atoms with van der Waals surface area (Å²) in [6, 6.07) is 0. The second-order valence-corrected chi connectivity index (χ2v) is 7.07. The Bertz CT molecular complexity index is 606. The van der Waals surface area contributed by atoms with Gasteiger partial charge in [-0.25, -0.2) is 4.98 Å². The van der Waals surface area contributed by atoms with E-state index in [9.17, 15) is 0 Å². The molecule has 0 aromatic carbocycles. The van der Waals surface area contributed by atoms with Crippen molar-refractivity contribution in [3.63, 3.8) is 0 Å². The average molecular weight is 300 g/mol. The molecule has 5 nitrogen and oxygen atoms in total. The van der Waals surface area contributed by atoms with Crippen LogP contribution in [0.4, 0.5) is 0 Å². The van der Waals surface area contributed by atoms with Crippen LogP contribution in [0.25, 0.3) is 0 Å². The van der Waals surface area contributed by atoms with Gasteiger partial charge in [0.2, 0.25) is 5.88 Å². The summed E-state index contributed by atoms with van der Waals surface area (Å²) >= 11 is 0. The Hall–Kier alpha value is -2.04. The molecule has 2 rings (SSSR count). The molecule has 0 bridgehead atoms. The van der Waals surface area contributed by atoms with Crippen LogP contribution in [-0.4, -0.2) is 26.5 Å². The molecule has 5 heteroatoms. The van der Waals surface area contributed by atoms with Crippen LogP contribution in [-0.2, 0) is 10.8 Å². The molecule has 0 spiro atoms. The van der Waals surface area contributed by atoms with E-state index in [4.69, 9.17) is 4.74 Å². The lowest BCUT2D eigenvalue weighted by Crippen LogP contribution is -2.22.